The lowest BCUT2D eigenvalue weighted by molar-refractivity contribution is 0.306. The van der Waals surface area contributed by atoms with Crippen LogP contribution in [0.25, 0.3) is 10.9 Å². The second-order valence-electron chi connectivity index (χ2n) is 4.48. The van der Waals surface area contributed by atoms with Gasteiger partial charge in [0, 0.05) is 17.3 Å². The molecule has 1 heterocycles. The molecule has 2 nitrogen and oxygen atoms in total. The molecule has 0 aliphatic rings. The molecule has 0 spiro atoms. The number of aromatic nitrogens is 1. The summed E-state index contributed by atoms with van der Waals surface area (Å²) >= 11 is 0. The minimum atomic E-state index is 0.603. The highest BCUT2D eigenvalue weighted by Crippen LogP contribution is 2.21. The van der Waals surface area contributed by atoms with Crippen LogP contribution < -0.4 is 4.74 Å². The number of rotatable bonds is 3. The van der Waals surface area contributed by atoms with Crippen molar-refractivity contribution in [2.45, 2.75) is 13.5 Å². The largest absolute Gasteiger partial charge is 0.489 e. The standard InChI is InChI=1S/C16H15NO/c1-12-9-14-7-8-15(10-16(14)17-12)18-11-13-5-3-2-4-6-13/h2-10,17H,11H2,1H3. The average molecular weight is 237 g/mol. The number of aromatic amines is 1. The van der Waals surface area contributed by atoms with E-state index in [1.807, 2.05) is 30.3 Å². The van der Waals surface area contributed by atoms with Crippen molar-refractivity contribution in [3.63, 3.8) is 0 Å². The Morgan fingerprint density at radius 3 is 2.67 bits per heavy atom. The summed E-state index contributed by atoms with van der Waals surface area (Å²) in [6.07, 6.45) is 0. The van der Waals surface area contributed by atoms with Gasteiger partial charge in [-0.15, -0.1) is 0 Å². The smallest absolute Gasteiger partial charge is 0.121 e. The maximum Gasteiger partial charge on any atom is 0.121 e. The van der Waals surface area contributed by atoms with Crippen LogP contribution in [0.3, 0.4) is 0 Å². The van der Waals surface area contributed by atoms with Gasteiger partial charge in [-0.25, -0.2) is 0 Å². The van der Waals surface area contributed by atoms with Gasteiger partial charge >= 0.3 is 0 Å². The summed E-state index contributed by atoms with van der Waals surface area (Å²) in [5.74, 6) is 0.896. The van der Waals surface area contributed by atoms with Gasteiger partial charge < -0.3 is 9.72 Å². The van der Waals surface area contributed by atoms with E-state index < -0.39 is 0 Å². The van der Waals surface area contributed by atoms with Gasteiger partial charge in [-0.3, -0.25) is 0 Å². The van der Waals surface area contributed by atoms with Gasteiger partial charge in [0.15, 0.2) is 0 Å². The van der Waals surface area contributed by atoms with E-state index in [9.17, 15) is 0 Å². The first kappa shape index (κ1) is 10.9. The summed E-state index contributed by atoms with van der Waals surface area (Å²) in [5.41, 5.74) is 3.48. The minimum absolute atomic E-state index is 0.603. The monoisotopic (exact) mass is 237 g/mol. The number of hydrogen-bond donors (Lipinski definition) is 1. The average Bonchev–Trinajstić information content (AvgIpc) is 2.77. The van der Waals surface area contributed by atoms with E-state index in [-0.39, 0.29) is 0 Å². The molecular formula is C16H15NO. The van der Waals surface area contributed by atoms with Crippen LogP contribution >= 0.6 is 0 Å². The number of aryl methyl sites for hydroxylation is 1. The van der Waals surface area contributed by atoms with Crippen molar-refractivity contribution in [3.05, 3.63) is 65.9 Å². The van der Waals surface area contributed by atoms with E-state index in [1.165, 1.54) is 16.6 Å². The fourth-order valence-corrected chi connectivity index (χ4v) is 2.08. The van der Waals surface area contributed by atoms with Crippen molar-refractivity contribution in [1.82, 2.24) is 4.98 Å². The van der Waals surface area contributed by atoms with Crippen LogP contribution in [0.2, 0.25) is 0 Å². The Bertz CT molecular complexity index is 655. The maximum atomic E-state index is 5.79. The molecule has 0 unspecified atom stereocenters. The fraction of sp³-hybridized carbons (Fsp3) is 0.125. The van der Waals surface area contributed by atoms with Crippen molar-refractivity contribution < 1.29 is 4.74 Å². The first-order valence-corrected chi connectivity index (χ1v) is 6.07. The molecule has 0 aliphatic carbocycles. The van der Waals surface area contributed by atoms with Crippen LogP contribution in [0.1, 0.15) is 11.3 Å². The van der Waals surface area contributed by atoms with E-state index >= 15 is 0 Å². The molecule has 0 amide bonds. The number of fused-ring (bicyclic) bond motifs is 1. The Kier molecular flexibility index (Phi) is 2.77. The van der Waals surface area contributed by atoms with Crippen molar-refractivity contribution in [1.29, 1.82) is 0 Å². The van der Waals surface area contributed by atoms with E-state index in [4.69, 9.17) is 4.74 Å². The molecule has 1 N–H and O–H groups in total. The topological polar surface area (TPSA) is 25.0 Å². The zero-order chi connectivity index (χ0) is 12.4. The molecule has 0 saturated heterocycles. The molecule has 90 valence electrons. The fourth-order valence-electron chi connectivity index (χ4n) is 2.08. The molecule has 1 aromatic heterocycles. The van der Waals surface area contributed by atoms with Crippen molar-refractivity contribution in [2.75, 3.05) is 0 Å². The van der Waals surface area contributed by atoms with Crippen LogP contribution in [0.5, 0.6) is 5.75 Å². The molecule has 0 radical (unpaired) electrons. The normalized spacial score (nSPS) is 10.7. The Morgan fingerprint density at radius 2 is 1.83 bits per heavy atom. The lowest BCUT2D eigenvalue weighted by Gasteiger charge is -2.06. The number of nitrogens with one attached hydrogen (secondary N) is 1. The molecular weight excluding hydrogens is 222 g/mol. The van der Waals surface area contributed by atoms with Crippen LogP contribution in [0.15, 0.2) is 54.6 Å². The van der Waals surface area contributed by atoms with Gasteiger partial charge in [0.1, 0.15) is 12.4 Å². The van der Waals surface area contributed by atoms with Gasteiger partial charge in [-0.1, -0.05) is 30.3 Å². The third kappa shape index (κ3) is 2.23. The Labute approximate surface area is 106 Å². The van der Waals surface area contributed by atoms with Crippen LogP contribution in [0, 0.1) is 6.92 Å². The molecule has 0 saturated carbocycles. The van der Waals surface area contributed by atoms with E-state index in [1.54, 1.807) is 0 Å². The minimum Gasteiger partial charge on any atom is -0.489 e. The van der Waals surface area contributed by atoms with Gasteiger partial charge in [0.2, 0.25) is 0 Å². The summed E-state index contributed by atoms with van der Waals surface area (Å²) in [5, 5.41) is 1.22. The van der Waals surface area contributed by atoms with Crippen molar-refractivity contribution in [3.8, 4) is 5.75 Å². The molecule has 0 aliphatic heterocycles. The van der Waals surface area contributed by atoms with Crippen molar-refractivity contribution >= 4 is 10.9 Å². The number of benzene rings is 2. The van der Waals surface area contributed by atoms with E-state index in [0.717, 1.165) is 11.3 Å². The summed E-state index contributed by atoms with van der Waals surface area (Å²) in [6, 6.07) is 18.5. The lowest BCUT2D eigenvalue weighted by atomic mass is 10.2. The first-order valence-electron chi connectivity index (χ1n) is 6.07. The third-order valence-corrected chi connectivity index (χ3v) is 2.98. The van der Waals surface area contributed by atoms with Gasteiger partial charge in [0.25, 0.3) is 0 Å². The van der Waals surface area contributed by atoms with Crippen LogP contribution in [0.4, 0.5) is 0 Å². The second kappa shape index (κ2) is 4.57. The molecule has 18 heavy (non-hydrogen) atoms. The van der Waals surface area contributed by atoms with E-state index in [0.29, 0.717) is 6.61 Å². The molecule has 3 aromatic rings. The molecule has 0 atom stereocenters. The lowest BCUT2D eigenvalue weighted by Crippen LogP contribution is -1.94. The SMILES string of the molecule is Cc1cc2ccc(OCc3ccccc3)cc2[nH]1. The molecule has 2 aromatic carbocycles. The molecule has 3 rings (SSSR count). The predicted molar refractivity (Wildman–Crippen MR) is 73.8 cm³/mol. The third-order valence-electron chi connectivity index (χ3n) is 2.98. The highest BCUT2D eigenvalue weighted by Gasteiger charge is 2.00. The predicted octanol–water partition coefficient (Wildman–Crippen LogP) is 4.06. The Hall–Kier alpha value is -2.22. The van der Waals surface area contributed by atoms with Crippen LogP contribution in [-0.2, 0) is 6.61 Å². The molecule has 2 heteroatoms. The van der Waals surface area contributed by atoms with Gasteiger partial charge in [-0.05, 0) is 36.1 Å². The molecule has 0 bridgehead atoms. The quantitative estimate of drug-likeness (QED) is 0.730. The first-order chi connectivity index (χ1) is 8.81. The summed E-state index contributed by atoms with van der Waals surface area (Å²) in [7, 11) is 0. The number of H-pyrrole nitrogens is 1. The van der Waals surface area contributed by atoms with E-state index in [2.05, 4.69) is 36.2 Å². The second-order valence-corrected chi connectivity index (χ2v) is 4.48. The van der Waals surface area contributed by atoms with Gasteiger partial charge in [-0.2, -0.15) is 0 Å². The Morgan fingerprint density at radius 1 is 1.00 bits per heavy atom. The van der Waals surface area contributed by atoms with Crippen LogP contribution in [-0.4, -0.2) is 4.98 Å². The maximum absolute atomic E-state index is 5.79. The summed E-state index contributed by atoms with van der Waals surface area (Å²) in [6.45, 7) is 2.66. The van der Waals surface area contributed by atoms with Crippen molar-refractivity contribution in [2.24, 2.45) is 0 Å². The zero-order valence-corrected chi connectivity index (χ0v) is 10.3. The summed E-state index contributed by atoms with van der Waals surface area (Å²) < 4.78 is 5.79. The number of hydrogen-bond acceptors (Lipinski definition) is 1. The highest BCUT2D eigenvalue weighted by atomic mass is 16.5. The Balaban J connectivity index is 1.78. The molecule has 0 fully saturated rings. The van der Waals surface area contributed by atoms with Gasteiger partial charge in [0.05, 0.1) is 0 Å². The highest BCUT2D eigenvalue weighted by molar-refractivity contribution is 5.81. The summed E-state index contributed by atoms with van der Waals surface area (Å²) in [4.78, 5) is 3.32. The zero-order valence-electron chi connectivity index (χ0n) is 10.3. The number of ether oxygens (including phenoxy) is 1.